The average molecular weight is 431 g/mol. The van der Waals surface area contributed by atoms with Crippen LogP contribution in [0.15, 0.2) is 48.5 Å². The number of hydrogen-bond acceptors (Lipinski definition) is 4. The maximum atomic E-state index is 13.6. The first kappa shape index (κ1) is 22.2. The molecule has 0 aromatic heterocycles. The van der Waals surface area contributed by atoms with Crippen LogP contribution >= 0.6 is 11.8 Å². The van der Waals surface area contributed by atoms with Crippen molar-refractivity contribution in [2.45, 2.75) is 37.4 Å². The molecule has 2 aromatic carbocycles. The standard InChI is InChI=1S/C23H27FN2O3S/c1-15(2)25(22(28)17-8-7-9-18(24)14-17)12-13-26-21(27)16(3)30-23(26)19-10-5-6-11-20(19)29-4/h5-11,14-16,23H,12-13H2,1-4H3/t16-,23-/m0/s1. The van der Waals surface area contributed by atoms with E-state index in [-0.39, 0.29) is 28.5 Å². The second-order valence-corrected chi connectivity index (χ2v) is 8.93. The van der Waals surface area contributed by atoms with Crippen molar-refractivity contribution in [3.05, 3.63) is 65.5 Å². The number of hydrogen-bond donors (Lipinski definition) is 0. The third kappa shape index (κ3) is 4.61. The molecule has 2 amide bonds. The number of para-hydroxylation sites is 1. The highest BCUT2D eigenvalue weighted by Crippen LogP contribution is 2.45. The van der Waals surface area contributed by atoms with Gasteiger partial charge in [-0.25, -0.2) is 4.39 Å². The zero-order valence-corrected chi connectivity index (χ0v) is 18.5. The van der Waals surface area contributed by atoms with Crippen LogP contribution in [0.1, 0.15) is 42.1 Å². The van der Waals surface area contributed by atoms with Gasteiger partial charge in [0.25, 0.3) is 5.91 Å². The fourth-order valence-electron chi connectivity index (χ4n) is 3.61. The molecule has 0 radical (unpaired) electrons. The minimum atomic E-state index is -0.444. The van der Waals surface area contributed by atoms with E-state index in [1.54, 1.807) is 34.7 Å². The molecule has 7 heteroatoms. The monoisotopic (exact) mass is 430 g/mol. The summed E-state index contributed by atoms with van der Waals surface area (Å²) in [4.78, 5) is 29.3. The van der Waals surface area contributed by atoms with Crippen LogP contribution in [0.3, 0.4) is 0 Å². The molecule has 0 spiro atoms. The molecule has 0 saturated carbocycles. The SMILES string of the molecule is COc1ccccc1[C@@H]1S[C@@H](C)C(=O)N1CCN(C(=O)c1cccc(F)c1)C(C)C. The van der Waals surface area contributed by atoms with Gasteiger partial charge in [-0.2, -0.15) is 0 Å². The number of amides is 2. The number of methoxy groups -OCH3 is 1. The summed E-state index contributed by atoms with van der Waals surface area (Å²) in [6.07, 6.45) is 0. The Bertz CT molecular complexity index is 921. The van der Waals surface area contributed by atoms with E-state index in [2.05, 4.69) is 0 Å². The van der Waals surface area contributed by atoms with E-state index < -0.39 is 5.82 Å². The summed E-state index contributed by atoms with van der Waals surface area (Å²) in [6.45, 7) is 6.47. The van der Waals surface area contributed by atoms with Crippen molar-refractivity contribution in [1.29, 1.82) is 0 Å². The smallest absolute Gasteiger partial charge is 0.254 e. The predicted octanol–water partition coefficient (Wildman–Crippen LogP) is 4.35. The summed E-state index contributed by atoms with van der Waals surface area (Å²) in [5, 5.41) is -0.353. The van der Waals surface area contributed by atoms with Gasteiger partial charge in [-0.3, -0.25) is 9.59 Å². The van der Waals surface area contributed by atoms with Crippen molar-refractivity contribution in [1.82, 2.24) is 9.80 Å². The molecule has 3 rings (SSSR count). The van der Waals surface area contributed by atoms with E-state index >= 15 is 0 Å². The number of nitrogens with zero attached hydrogens (tertiary/aromatic N) is 2. The topological polar surface area (TPSA) is 49.9 Å². The molecular formula is C23H27FN2O3S. The molecule has 5 nitrogen and oxygen atoms in total. The van der Waals surface area contributed by atoms with Crippen LogP contribution < -0.4 is 4.74 Å². The zero-order chi connectivity index (χ0) is 21.8. The van der Waals surface area contributed by atoms with E-state index in [0.29, 0.717) is 18.7 Å². The Hall–Kier alpha value is -2.54. The molecule has 1 fully saturated rings. The normalized spacial score (nSPS) is 18.7. The molecule has 1 aliphatic heterocycles. The summed E-state index contributed by atoms with van der Waals surface area (Å²) in [5.41, 5.74) is 1.25. The molecule has 0 aliphatic carbocycles. The van der Waals surface area contributed by atoms with Crippen LogP contribution in [0.4, 0.5) is 4.39 Å². The van der Waals surface area contributed by atoms with Gasteiger partial charge in [0.2, 0.25) is 5.91 Å². The lowest BCUT2D eigenvalue weighted by molar-refractivity contribution is -0.130. The second-order valence-electron chi connectivity index (χ2n) is 7.51. The van der Waals surface area contributed by atoms with E-state index in [1.165, 1.54) is 18.2 Å². The van der Waals surface area contributed by atoms with Crippen LogP contribution in [0.5, 0.6) is 5.75 Å². The van der Waals surface area contributed by atoms with Crippen LogP contribution in [0, 0.1) is 5.82 Å². The lowest BCUT2D eigenvalue weighted by Gasteiger charge is -2.31. The first-order valence-electron chi connectivity index (χ1n) is 9.99. The Morgan fingerprint density at radius 1 is 1.23 bits per heavy atom. The Morgan fingerprint density at radius 3 is 2.63 bits per heavy atom. The van der Waals surface area contributed by atoms with E-state index in [9.17, 15) is 14.0 Å². The molecular weight excluding hydrogens is 403 g/mol. The number of thioether (sulfide) groups is 1. The van der Waals surface area contributed by atoms with Gasteiger partial charge in [0.1, 0.15) is 16.9 Å². The molecule has 0 unspecified atom stereocenters. The van der Waals surface area contributed by atoms with Crippen LogP contribution in [0.25, 0.3) is 0 Å². The molecule has 2 atom stereocenters. The summed E-state index contributed by atoms with van der Waals surface area (Å²) in [7, 11) is 1.62. The number of carbonyl (C=O) groups is 2. The summed E-state index contributed by atoms with van der Waals surface area (Å²) in [5.74, 6) is 0.0858. The Morgan fingerprint density at radius 2 is 1.97 bits per heavy atom. The zero-order valence-electron chi connectivity index (χ0n) is 17.7. The van der Waals surface area contributed by atoms with Gasteiger partial charge in [-0.15, -0.1) is 11.8 Å². The highest BCUT2D eigenvalue weighted by molar-refractivity contribution is 8.01. The molecule has 1 aliphatic rings. The summed E-state index contributed by atoms with van der Waals surface area (Å²) >= 11 is 1.57. The van der Waals surface area contributed by atoms with Crippen molar-refractivity contribution in [2.75, 3.05) is 20.2 Å². The van der Waals surface area contributed by atoms with Gasteiger partial charge in [0.15, 0.2) is 0 Å². The molecule has 0 N–H and O–H groups in total. The van der Waals surface area contributed by atoms with E-state index in [4.69, 9.17) is 4.74 Å². The lowest BCUT2D eigenvalue weighted by Crippen LogP contribution is -2.43. The minimum absolute atomic E-state index is 0.0396. The van der Waals surface area contributed by atoms with Gasteiger partial charge in [-0.05, 0) is 45.0 Å². The van der Waals surface area contributed by atoms with Gasteiger partial charge in [0.05, 0.1) is 12.4 Å². The molecule has 2 aromatic rings. The van der Waals surface area contributed by atoms with Crippen molar-refractivity contribution >= 4 is 23.6 Å². The lowest BCUT2D eigenvalue weighted by atomic mass is 10.1. The quantitative estimate of drug-likeness (QED) is 0.655. The fourth-order valence-corrected chi connectivity index (χ4v) is 4.95. The maximum Gasteiger partial charge on any atom is 0.254 e. The van der Waals surface area contributed by atoms with Gasteiger partial charge < -0.3 is 14.5 Å². The third-order valence-corrected chi connectivity index (χ3v) is 6.57. The van der Waals surface area contributed by atoms with Crippen LogP contribution in [-0.4, -0.2) is 53.1 Å². The van der Waals surface area contributed by atoms with Crippen molar-refractivity contribution in [3.63, 3.8) is 0 Å². The minimum Gasteiger partial charge on any atom is -0.496 e. The first-order chi connectivity index (χ1) is 14.3. The largest absolute Gasteiger partial charge is 0.496 e. The van der Waals surface area contributed by atoms with E-state index in [0.717, 1.165) is 11.3 Å². The predicted molar refractivity (Wildman–Crippen MR) is 117 cm³/mol. The van der Waals surface area contributed by atoms with Crippen LogP contribution in [0.2, 0.25) is 0 Å². The van der Waals surface area contributed by atoms with Crippen molar-refractivity contribution in [3.8, 4) is 5.75 Å². The number of rotatable bonds is 7. The Labute approximate surface area is 181 Å². The van der Waals surface area contributed by atoms with Crippen molar-refractivity contribution < 1.29 is 18.7 Å². The third-order valence-electron chi connectivity index (χ3n) is 5.19. The highest BCUT2D eigenvalue weighted by atomic mass is 32.2. The second kappa shape index (κ2) is 9.51. The fraction of sp³-hybridized carbons (Fsp3) is 0.391. The number of halogens is 1. The molecule has 30 heavy (non-hydrogen) atoms. The van der Waals surface area contributed by atoms with Crippen LogP contribution in [-0.2, 0) is 4.79 Å². The van der Waals surface area contributed by atoms with Gasteiger partial charge in [-0.1, -0.05) is 24.3 Å². The number of ether oxygens (including phenoxy) is 1. The van der Waals surface area contributed by atoms with Gasteiger partial charge >= 0.3 is 0 Å². The summed E-state index contributed by atoms with van der Waals surface area (Å²) < 4.78 is 19.1. The first-order valence-corrected chi connectivity index (χ1v) is 10.9. The van der Waals surface area contributed by atoms with Gasteiger partial charge in [0, 0.05) is 30.3 Å². The molecule has 1 heterocycles. The maximum absolute atomic E-state index is 13.6. The Balaban J connectivity index is 1.81. The molecule has 160 valence electrons. The summed E-state index contributed by atoms with van der Waals surface area (Å²) in [6, 6.07) is 13.3. The van der Waals surface area contributed by atoms with Crippen molar-refractivity contribution in [2.24, 2.45) is 0 Å². The average Bonchev–Trinajstić information content (AvgIpc) is 3.01. The highest BCUT2D eigenvalue weighted by Gasteiger charge is 2.39. The Kier molecular flexibility index (Phi) is 7.02. The van der Waals surface area contributed by atoms with E-state index in [1.807, 2.05) is 45.0 Å². The number of carbonyl (C=O) groups excluding carboxylic acids is 2. The molecule has 0 bridgehead atoms. The number of benzene rings is 2. The molecule has 1 saturated heterocycles.